The van der Waals surface area contributed by atoms with Crippen molar-refractivity contribution in [3.8, 4) is 5.75 Å². The van der Waals surface area contributed by atoms with Crippen molar-refractivity contribution in [2.24, 2.45) is 4.99 Å². The molecular formula is C13H13N3O2. The van der Waals surface area contributed by atoms with E-state index in [0.717, 1.165) is 5.56 Å². The van der Waals surface area contributed by atoms with Crippen molar-refractivity contribution in [1.29, 1.82) is 0 Å². The Bertz CT molecular complexity index is 635. The first kappa shape index (κ1) is 11.9. The Morgan fingerprint density at radius 1 is 1.28 bits per heavy atom. The maximum absolute atomic E-state index is 11.2. The van der Waals surface area contributed by atoms with Crippen molar-refractivity contribution in [2.75, 3.05) is 0 Å². The molecule has 2 aromatic rings. The molecule has 18 heavy (non-hydrogen) atoms. The molecule has 1 heterocycles. The van der Waals surface area contributed by atoms with Gasteiger partial charge in [0.25, 0.3) is 0 Å². The molecule has 0 saturated heterocycles. The third-order valence-corrected chi connectivity index (χ3v) is 2.41. The lowest BCUT2D eigenvalue weighted by atomic mass is 10.2. The molecule has 0 aliphatic carbocycles. The topological polar surface area (TPSA) is 70.2 Å². The number of aliphatic imine (C=N–C) groups is 1. The van der Waals surface area contributed by atoms with E-state index in [1.165, 1.54) is 0 Å². The number of benzene rings is 1. The molecule has 1 aromatic heterocycles. The van der Waals surface area contributed by atoms with Gasteiger partial charge in [-0.15, -0.1) is 0 Å². The maximum Gasteiger partial charge on any atom is 0.325 e. The number of nitrogens with zero attached hydrogens (tertiary/aromatic N) is 1. The van der Waals surface area contributed by atoms with Gasteiger partial charge in [-0.2, -0.15) is 0 Å². The first-order valence-electron chi connectivity index (χ1n) is 5.33. The van der Waals surface area contributed by atoms with Crippen molar-refractivity contribution in [1.82, 2.24) is 9.97 Å². The second-order valence-electron chi connectivity index (χ2n) is 3.80. The van der Waals surface area contributed by atoms with Gasteiger partial charge in [-0.25, -0.2) is 9.79 Å². The minimum atomic E-state index is -0.374. The minimum absolute atomic E-state index is 0.305. The van der Waals surface area contributed by atoms with E-state index in [9.17, 15) is 4.79 Å². The average molecular weight is 243 g/mol. The Hall–Kier alpha value is -2.56. The summed E-state index contributed by atoms with van der Waals surface area (Å²) < 4.78 is 5.54. The monoisotopic (exact) mass is 243 g/mol. The van der Waals surface area contributed by atoms with Gasteiger partial charge in [0.2, 0.25) is 0 Å². The van der Waals surface area contributed by atoms with Crippen molar-refractivity contribution in [2.45, 2.75) is 6.92 Å². The highest BCUT2D eigenvalue weighted by molar-refractivity contribution is 5.66. The van der Waals surface area contributed by atoms with Crippen LogP contribution in [0.5, 0.6) is 5.75 Å². The first-order chi connectivity index (χ1) is 8.60. The van der Waals surface area contributed by atoms with E-state index in [0.29, 0.717) is 23.0 Å². The number of rotatable bonds is 4. The molecule has 0 atom stereocenters. The van der Waals surface area contributed by atoms with Gasteiger partial charge in [0.15, 0.2) is 5.82 Å². The van der Waals surface area contributed by atoms with Crippen LogP contribution in [0.1, 0.15) is 11.3 Å². The second kappa shape index (κ2) is 4.75. The predicted molar refractivity (Wildman–Crippen MR) is 71.5 cm³/mol. The van der Waals surface area contributed by atoms with Crippen LogP contribution in [0.2, 0.25) is 0 Å². The average Bonchev–Trinajstić information content (AvgIpc) is 2.73. The van der Waals surface area contributed by atoms with Crippen LogP contribution < -0.4 is 10.4 Å². The molecule has 5 nitrogen and oxygen atoms in total. The lowest BCUT2D eigenvalue weighted by molar-refractivity contribution is 0.514. The van der Waals surface area contributed by atoms with E-state index in [1.807, 2.05) is 31.2 Å². The van der Waals surface area contributed by atoms with Gasteiger partial charge in [0.05, 0.1) is 0 Å². The molecule has 0 spiro atoms. The number of H-pyrrole nitrogens is 2. The second-order valence-corrected chi connectivity index (χ2v) is 3.80. The third kappa shape index (κ3) is 2.40. The highest BCUT2D eigenvalue weighted by atomic mass is 16.5. The number of ether oxygens (including phenoxy) is 1. The first-order valence-corrected chi connectivity index (χ1v) is 5.33. The highest BCUT2D eigenvalue weighted by Crippen LogP contribution is 2.23. The van der Waals surface area contributed by atoms with E-state index in [-0.39, 0.29) is 5.69 Å². The van der Waals surface area contributed by atoms with Crippen LogP contribution in [0.3, 0.4) is 0 Å². The quantitative estimate of drug-likeness (QED) is 0.639. The van der Waals surface area contributed by atoms with Crippen LogP contribution in [-0.4, -0.2) is 16.7 Å². The number of aryl methyl sites for hydroxylation is 1. The molecular weight excluding hydrogens is 230 g/mol. The lowest BCUT2D eigenvalue weighted by Crippen LogP contribution is -2.02. The van der Waals surface area contributed by atoms with Crippen molar-refractivity contribution >= 4 is 18.3 Å². The fourth-order valence-corrected chi connectivity index (χ4v) is 1.49. The molecule has 0 saturated carbocycles. The van der Waals surface area contributed by atoms with Gasteiger partial charge in [0, 0.05) is 0 Å². The van der Waals surface area contributed by atoms with E-state index < -0.39 is 0 Å². The van der Waals surface area contributed by atoms with E-state index in [1.54, 1.807) is 0 Å². The molecule has 0 aliphatic rings. The Labute approximate surface area is 104 Å². The number of hydrogen-bond donors (Lipinski definition) is 2. The molecule has 1 aromatic carbocycles. The summed E-state index contributed by atoms with van der Waals surface area (Å²) in [5.41, 5.74) is 1.16. The summed E-state index contributed by atoms with van der Waals surface area (Å²) in [6.45, 7) is 9.12. The third-order valence-electron chi connectivity index (χ3n) is 2.41. The fraction of sp³-hybridized carbons (Fsp3) is 0.0769. The van der Waals surface area contributed by atoms with Crippen molar-refractivity contribution in [3.05, 3.63) is 52.6 Å². The van der Waals surface area contributed by atoms with Gasteiger partial charge < -0.3 is 9.72 Å². The summed E-state index contributed by atoms with van der Waals surface area (Å²) in [5.74, 6) is 1.26. The SMILES string of the molecule is C=Nc1[nH]c(=O)[nH]c1C(=C)Oc1ccc(C)cc1. The highest BCUT2D eigenvalue weighted by Gasteiger charge is 2.11. The Balaban J connectivity index is 2.24. The van der Waals surface area contributed by atoms with Gasteiger partial charge in [-0.3, -0.25) is 4.98 Å². The number of nitrogens with one attached hydrogen (secondary N) is 2. The molecule has 2 N–H and O–H groups in total. The molecule has 92 valence electrons. The van der Waals surface area contributed by atoms with E-state index >= 15 is 0 Å². The molecule has 0 radical (unpaired) electrons. The molecule has 2 rings (SSSR count). The number of hydrogen-bond acceptors (Lipinski definition) is 3. The zero-order valence-corrected chi connectivity index (χ0v) is 9.99. The van der Waals surface area contributed by atoms with Crippen LogP contribution >= 0.6 is 0 Å². The van der Waals surface area contributed by atoms with Gasteiger partial charge in [-0.05, 0) is 25.8 Å². The summed E-state index contributed by atoms with van der Waals surface area (Å²) in [5, 5.41) is 0. The number of aromatic amines is 2. The number of imidazole rings is 1. The Morgan fingerprint density at radius 2 is 1.94 bits per heavy atom. The Kier molecular flexibility index (Phi) is 3.14. The summed E-state index contributed by atoms with van der Waals surface area (Å²) >= 11 is 0. The normalized spacial score (nSPS) is 10.1. The molecule has 0 amide bonds. The Morgan fingerprint density at radius 3 is 2.56 bits per heavy atom. The fourth-order valence-electron chi connectivity index (χ4n) is 1.49. The molecule has 0 aliphatic heterocycles. The standard InChI is InChI=1S/C13H13N3O2/c1-8-4-6-10(7-5-8)18-9(2)11-12(14-3)16-13(17)15-11/h4-7H,2-3H2,1H3,(H2,15,16,17). The van der Waals surface area contributed by atoms with E-state index in [4.69, 9.17) is 4.74 Å². The van der Waals surface area contributed by atoms with Crippen LogP contribution in [-0.2, 0) is 0 Å². The van der Waals surface area contributed by atoms with Gasteiger partial charge in [0.1, 0.15) is 17.2 Å². The zero-order chi connectivity index (χ0) is 13.1. The maximum atomic E-state index is 11.2. The zero-order valence-electron chi connectivity index (χ0n) is 9.99. The van der Waals surface area contributed by atoms with Crippen molar-refractivity contribution in [3.63, 3.8) is 0 Å². The smallest absolute Gasteiger partial charge is 0.325 e. The summed E-state index contributed by atoms with van der Waals surface area (Å²) in [4.78, 5) is 19.9. The van der Waals surface area contributed by atoms with Crippen LogP contribution in [0.15, 0.2) is 40.6 Å². The minimum Gasteiger partial charge on any atom is -0.456 e. The van der Waals surface area contributed by atoms with Crippen molar-refractivity contribution < 1.29 is 4.74 Å². The van der Waals surface area contributed by atoms with E-state index in [2.05, 4.69) is 28.3 Å². The van der Waals surface area contributed by atoms with Gasteiger partial charge >= 0.3 is 5.69 Å². The summed E-state index contributed by atoms with van der Waals surface area (Å²) in [6, 6.07) is 7.50. The number of aromatic nitrogens is 2. The summed E-state index contributed by atoms with van der Waals surface area (Å²) in [7, 11) is 0. The summed E-state index contributed by atoms with van der Waals surface area (Å²) in [6.07, 6.45) is 0. The molecule has 0 bridgehead atoms. The lowest BCUT2D eigenvalue weighted by Gasteiger charge is -2.07. The predicted octanol–water partition coefficient (Wildman–Crippen LogP) is 2.39. The largest absolute Gasteiger partial charge is 0.456 e. The van der Waals surface area contributed by atoms with Gasteiger partial charge in [-0.1, -0.05) is 24.3 Å². The van der Waals surface area contributed by atoms with Crippen LogP contribution in [0, 0.1) is 6.92 Å². The van der Waals surface area contributed by atoms with Crippen LogP contribution in [0.25, 0.3) is 5.76 Å². The van der Waals surface area contributed by atoms with Crippen LogP contribution in [0.4, 0.5) is 5.82 Å². The molecule has 5 heteroatoms. The molecule has 0 fully saturated rings. The molecule has 0 unspecified atom stereocenters.